The smallest absolute Gasteiger partial charge is 0.225 e. The molecule has 1 heterocycles. The molecule has 0 aromatic heterocycles. The number of nitrogens with one attached hydrogen (secondary N) is 1. The van der Waals surface area contributed by atoms with Gasteiger partial charge in [0.1, 0.15) is 5.82 Å². The largest absolute Gasteiger partial charge is 0.349 e. The summed E-state index contributed by atoms with van der Waals surface area (Å²) >= 11 is 13.8. The summed E-state index contributed by atoms with van der Waals surface area (Å²) in [4.78, 5) is 13.4. The topological polar surface area (TPSA) is 29.1 Å². The standard InChI is InChI=1S/C17H14Cl2FNOS/c18-10-4-5-16-12(8-10)15(6-7-23-16)21-17(22)9-11-13(19)2-1-3-14(11)20/h1-5,8,15H,6-7,9H2,(H,21,22)/t15-/m0/s1. The summed E-state index contributed by atoms with van der Waals surface area (Å²) < 4.78 is 13.8. The third-order valence-corrected chi connectivity index (χ3v) is 5.46. The van der Waals surface area contributed by atoms with Gasteiger partial charge < -0.3 is 5.32 Å². The SMILES string of the molecule is O=C(Cc1c(F)cccc1Cl)N[C@H]1CCSc2ccc(Cl)cc21. The lowest BCUT2D eigenvalue weighted by Gasteiger charge is -2.26. The molecule has 0 saturated heterocycles. The molecule has 2 aromatic carbocycles. The number of hydrogen-bond acceptors (Lipinski definition) is 2. The van der Waals surface area contributed by atoms with E-state index in [-0.39, 0.29) is 29.0 Å². The zero-order chi connectivity index (χ0) is 16.4. The van der Waals surface area contributed by atoms with Crippen molar-refractivity contribution in [2.24, 2.45) is 0 Å². The van der Waals surface area contributed by atoms with Gasteiger partial charge in [0.25, 0.3) is 0 Å². The van der Waals surface area contributed by atoms with Crippen LogP contribution in [0.15, 0.2) is 41.3 Å². The lowest BCUT2D eigenvalue weighted by Crippen LogP contribution is -2.32. The molecule has 1 N–H and O–H groups in total. The fourth-order valence-electron chi connectivity index (χ4n) is 2.62. The van der Waals surface area contributed by atoms with Crippen LogP contribution in [0.2, 0.25) is 10.0 Å². The molecular weight excluding hydrogens is 356 g/mol. The number of benzene rings is 2. The lowest BCUT2D eigenvalue weighted by molar-refractivity contribution is -0.121. The third-order valence-electron chi connectivity index (χ3n) is 3.75. The van der Waals surface area contributed by atoms with E-state index in [4.69, 9.17) is 23.2 Å². The Labute approximate surface area is 148 Å². The van der Waals surface area contributed by atoms with Crippen molar-refractivity contribution in [3.8, 4) is 0 Å². The number of carbonyl (C=O) groups excluding carboxylic acids is 1. The minimum absolute atomic E-state index is 0.0783. The molecule has 2 nitrogen and oxygen atoms in total. The molecule has 0 radical (unpaired) electrons. The van der Waals surface area contributed by atoms with Gasteiger partial charge in [0.2, 0.25) is 5.91 Å². The number of rotatable bonds is 3. The van der Waals surface area contributed by atoms with Gasteiger partial charge in [-0.3, -0.25) is 4.79 Å². The van der Waals surface area contributed by atoms with Crippen LogP contribution in [-0.2, 0) is 11.2 Å². The van der Waals surface area contributed by atoms with Crippen molar-refractivity contribution in [1.29, 1.82) is 0 Å². The van der Waals surface area contributed by atoms with Gasteiger partial charge >= 0.3 is 0 Å². The van der Waals surface area contributed by atoms with Gasteiger partial charge in [-0.2, -0.15) is 0 Å². The predicted molar refractivity (Wildman–Crippen MR) is 92.8 cm³/mol. The second-order valence-corrected chi connectivity index (χ2v) is 7.30. The highest BCUT2D eigenvalue weighted by molar-refractivity contribution is 7.99. The molecule has 0 saturated carbocycles. The van der Waals surface area contributed by atoms with Crippen LogP contribution in [0.1, 0.15) is 23.6 Å². The van der Waals surface area contributed by atoms with E-state index in [0.29, 0.717) is 5.02 Å². The summed E-state index contributed by atoms with van der Waals surface area (Å²) in [6, 6.07) is 9.99. The molecule has 1 atom stereocenters. The zero-order valence-electron chi connectivity index (χ0n) is 12.1. The van der Waals surface area contributed by atoms with Crippen LogP contribution in [0.5, 0.6) is 0 Å². The molecule has 2 aromatic rings. The first-order valence-electron chi connectivity index (χ1n) is 7.19. The molecule has 6 heteroatoms. The normalized spacial score (nSPS) is 16.7. The first kappa shape index (κ1) is 16.6. The van der Waals surface area contributed by atoms with E-state index in [1.54, 1.807) is 17.8 Å². The van der Waals surface area contributed by atoms with Crippen molar-refractivity contribution < 1.29 is 9.18 Å². The first-order valence-corrected chi connectivity index (χ1v) is 8.93. The zero-order valence-corrected chi connectivity index (χ0v) is 14.4. The van der Waals surface area contributed by atoms with Gasteiger partial charge in [0.05, 0.1) is 12.5 Å². The predicted octanol–water partition coefficient (Wildman–Crippen LogP) is 5.03. The van der Waals surface area contributed by atoms with Gasteiger partial charge in [0, 0.05) is 26.3 Å². The monoisotopic (exact) mass is 369 g/mol. The van der Waals surface area contributed by atoms with Crippen LogP contribution in [0.4, 0.5) is 4.39 Å². The maximum atomic E-state index is 13.8. The molecular formula is C17H14Cl2FNOS. The Morgan fingerprint density at radius 2 is 2.13 bits per heavy atom. The van der Waals surface area contributed by atoms with Crippen molar-refractivity contribution >= 4 is 40.9 Å². The molecule has 0 aliphatic carbocycles. The van der Waals surface area contributed by atoms with Gasteiger partial charge in [0.15, 0.2) is 0 Å². The Morgan fingerprint density at radius 3 is 2.91 bits per heavy atom. The van der Waals surface area contributed by atoms with Crippen LogP contribution in [0.3, 0.4) is 0 Å². The van der Waals surface area contributed by atoms with E-state index in [2.05, 4.69) is 5.32 Å². The summed E-state index contributed by atoms with van der Waals surface area (Å²) in [5.74, 6) is 0.204. The molecule has 120 valence electrons. The van der Waals surface area contributed by atoms with E-state index >= 15 is 0 Å². The Bertz CT molecular complexity index is 733. The molecule has 1 aliphatic rings. The van der Waals surface area contributed by atoms with E-state index < -0.39 is 5.82 Å². The minimum atomic E-state index is -0.463. The Morgan fingerprint density at radius 1 is 1.30 bits per heavy atom. The fraction of sp³-hybridized carbons (Fsp3) is 0.235. The van der Waals surface area contributed by atoms with E-state index in [1.165, 1.54) is 12.1 Å². The van der Waals surface area contributed by atoms with Crippen molar-refractivity contribution in [2.75, 3.05) is 5.75 Å². The summed E-state index contributed by atoms with van der Waals surface area (Å²) in [6.07, 6.45) is 0.736. The second-order valence-electron chi connectivity index (χ2n) is 5.32. The Kier molecular flexibility index (Phi) is 5.14. The number of halogens is 3. The molecule has 0 spiro atoms. The van der Waals surface area contributed by atoms with Crippen molar-refractivity contribution in [1.82, 2.24) is 5.32 Å². The molecule has 1 aliphatic heterocycles. The van der Waals surface area contributed by atoms with E-state index in [0.717, 1.165) is 22.6 Å². The summed E-state index contributed by atoms with van der Waals surface area (Å²) in [7, 11) is 0. The lowest BCUT2D eigenvalue weighted by atomic mass is 10.0. The van der Waals surface area contributed by atoms with Crippen molar-refractivity contribution in [3.05, 3.63) is 63.4 Å². The van der Waals surface area contributed by atoms with Gasteiger partial charge in [-0.1, -0.05) is 29.3 Å². The highest BCUT2D eigenvalue weighted by Crippen LogP contribution is 2.37. The average molecular weight is 370 g/mol. The summed E-state index contributed by atoms with van der Waals surface area (Å²) in [5, 5.41) is 3.88. The van der Waals surface area contributed by atoms with E-state index in [1.807, 2.05) is 18.2 Å². The molecule has 23 heavy (non-hydrogen) atoms. The van der Waals surface area contributed by atoms with Gasteiger partial charge in [-0.15, -0.1) is 11.8 Å². The molecule has 3 rings (SSSR count). The highest BCUT2D eigenvalue weighted by Gasteiger charge is 2.23. The summed E-state index contributed by atoms with van der Waals surface area (Å²) in [5.41, 5.74) is 1.24. The number of hydrogen-bond donors (Lipinski definition) is 1. The second kappa shape index (κ2) is 7.12. The third kappa shape index (κ3) is 3.82. The first-order chi connectivity index (χ1) is 11.0. The van der Waals surface area contributed by atoms with Gasteiger partial charge in [-0.25, -0.2) is 4.39 Å². The maximum absolute atomic E-state index is 13.8. The molecule has 0 unspecified atom stereocenters. The minimum Gasteiger partial charge on any atom is -0.349 e. The maximum Gasteiger partial charge on any atom is 0.225 e. The fourth-order valence-corrected chi connectivity index (χ4v) is 4.14. The Balaban J connectivity index is 1.76. The molecule has 0 fully saturated rings. The number of thioether (sulfide) groups is 1. The van der Waals surface area contributed by atoms with Gasteiger partial charge in [-0.05, 0) is 42.3 Å². The average Bonchev–Trinajstić information content (AvgIpc) is 2.52. The molecule has 0 bridgehead atoms. The number of fused-ring (bicyclic) bond motifs is 1. The van der Waals surface area contributed by atoms with E-state index in [9.17, 15) is 9.18 Å². The van der Waals surface area contributed by atoms with Crippen molar-refractivity contribution in [3.63, 3.8) is 0 Å². The Hall–Kier alpha value is -1.23. The van der Waals surface area contributed by atoms with Crippen molar-refractivity contribution in [2.45, 2.75) is 23.8 Å². The quantitative estimate of drug-likeness (QED) is 0.821. The summed E-state index contributed by atoms with van der Waals surface area (Å²) in [6.45, 7) is 0. The molecule has 1 amide bonds. The van der Waals surface area contributed by atoms with Crippen LogP contribution in [-0.4, -0.2) is 11.7 Å². The number of carbonyl (C=O) groups is 1. The number of amides is 1. The highest BCUT2D eigenvalue weighted by atomic mass is 35.5. The van der Waals surface area contributed by atoms with Crippen LogP contribution >= 0.6 is 35.0 Å². The van der Waals surface area contributed by atoms with Crippen LogP contribution in [0.25, 0.3) is 0 Å². The van der Waals surface area contributed by atoms with Crippen LogP contribution in [0, 0.1) is 5.82 Å². The van der Waals surface area contributed by atoms with Crippen LogP contribution < -0.4 is 5.32 Å².